The van der Waals surface area contributed by atoms with Crippen LogP contribution in [-0.4, -0.2) is 43.3 Å². The summed E-state index contributed by atoms with van der Waals surface area (Å²) >= 11 is 0. The molecule has 0 radical (unpaired) electrons. The molecule has 2 saturated heterocycles. The summed E-state index contributed by atoms with van der Waals surface area (Å²) in [4.78, 5) is 2.86. The standard InChI is InChI=1S/C20H24N2O2S/c1-16-7-9-19(10-8-16)25(23,24)22-14-18-11-12-21(20(18)15-22)13-17-5-3-2-4-6-17/h2-10,18,20H,11-15H2,1H3/t18-,20+/m0/s1. The first-order valence-electron chi connectivity index (χ1n) is 8.89. The molecule has 2 aliphatic rings. The monoisotopic (exact) mass is 356 g/mol. The van der Waals surface area contributed by atoms with Gasteiger partial charge in [0.25, 0.3) is 0 Å². The number of hydrogen-bond donors (Lipinski definition) is 0. The van der Waals surface area contributed by atoms with Crippen molar-refractivity contribution in [1.29, 1.82) is 0 Å². The quantitative estimate of drug-likeness (QED) is 0.846. The Balaban J connectivity index is 1.50. The molecule has 2 heterocycles. The predicted molar refractivity (Wildman–Crippen MR) is 98.7 cm³/mol. The summed E-state index contributed by atoms with van der Waals surface area (Å²) in [5.41, 5.74) is 2.37. The Kier molecular flexibility index (Phi) is 4.40. The lowest BCUT2D eigenvalue weighted by Gasteiger charge is -2.24. The molecule has 2 aliphatic heterocycles. The largest absolute Gasteiger partial charge is 0.294 e. The van der Waals surface area contributed by atoms with E-state index in [9.17, 15) is 8.42 Å². The van der Waals surface area contributed by atoms with E-state index in [1.807, 2.05) is 25.1 Å². The second kappa shape index (κ2) is 6.56. The first kappa shape index (κ1) is 16.8. The molecule has 0 spiro atoms. The van der Waals surface area contributed by atoms with Crippen molar-refractivity contribution in [2.24, 2.45) is 5.92 Å². The first-order valence-corrected chi connectivity index (χ1v) is 10.3. The van der Waals surface area contributed by atoms with E-state index in [4.69, 9.17) is 0 Å². The molecule has 4 rings (SSSR count). The number of aryl methyl sites for hydroxylation is 1. The van der Waals surface area contributed by atoms with Crippen LogP contribution in [0.3, 0.4) is 0 Å². The molecule has 132 valence electrons. The van der Waals surface area contributed by atoms with E-state index in [2.05, 4.69) is 29.2 Å². The van der Waals surface area contributed by atoms with E-state index >= 15 is 0 Å². The first-order chi connectivity index (χ1) is 12.0. The minimum absolute atomic E-state index is 0.334. The van der Waals surface area contributed by atoms with Crippen molar-refractivity contribution in [2.75, 3.05) is 19.6 Å². The van der Waals surface area contributed by atoms with Crippen LogP contribution in [0.2, 0.25) is 0 Å². The highest BCUT2D eigenvalue weighted by Gasteiger charge is 2.45. The smallest absolute Gasteiger partial charge is 0.243 e. The molecule has 5 heteroatoms. The molecule has 2 aromatic carbocycles. The number of likely N-dealkylation sites (tertiary alicyclic amines) is 1. The Morgan fingerprint density at radius 3 is 2.44 bits per heavy atom. The Bertz CT molecular complexity index is 834. The molecule has 0 aromatic heterocycles. The van der Waals surface area contributed by atoms with Crippen LogP contribution in [0.1, 0.15) is 17.5 Å². The average Bonchev–Trinajstić information content (AvgIpc) is 3.19. The topological polar surface area (TPSA) is 40.6 Å². The lowest BCUT2D eigenvalue weighted by molar-refractivity contribution is 0.236. The van der Waals surface area contributed by atoms with Crippen molar-refractivity contribution in [3.8, 4) is 0 Å². The maximum Gasteiger partial charge on any atom is 0.243 e. The summed E-state index contributed by atoms with van der Waals surface area (Å²) in [6.07, 6.45) is 1.08. The molecule has 0 N–H and O–H groups in total. The minimum Gasteiger partial charge on any atom is -0.294 e. The van der Waals surface area contributed by atoms with Crippen LogP contribution in [0.15, 0.2) is 59.5 Å². The van der Waals surface area contributed by atoms with Crippen LogP contribution in [-0.2, 0) is 16.6 Å². The number of benzene rings is 2. The van der Waals surface area contributed by atoms with Crippen LogP contribution >= 0.6 is 0 Å². The second-order valence-electron chi connectivity index (χ2n) is 7.21. The fraction of sp³-hybridized carbons (Fsp3) is 0.400. The zero-order chi connectivity index (χ0) is 17.4. The molecule has 2 aromatic rings. The summed E-state index contributed by atoms with van der Waals surface area (Å²) < 4.78 is 27.6. The van der Waals surface area contributed by atoms with Gasteiger partial charge in [-0.15, -0.1) is 0 Å². The van der Waals surface area contributed by atoms with Crippen LogP contribution < -0.4 is 0 Å². The third-order valence-corrected chi connectivity index (χ3v) is 7.36. The normalized spacial score (nSPS) is 24.5. The molecular weight excluding hydrogens is 332 g/mol. The molecule has 2 fully saturated rings. The van der Waals surface area contributed by atoms with Gasteiger partial charge in [0, 0.05) is 25.7 Å². The lowest BCUT2D eigenvalue weighted by Crippen LogP contribution is -2.36. The van der Waals surface area contributed by atoms with Crippen molar-refractivity contribution < 1.29 is 8.42 Å². The van der Waals surface area contributed by atoms with Crippen molar-refractivity contribution in [1.82, 2.24) is 9.21 Å². The maximum atomic E-state index is 12.9. The van der Waals surface area contributed by atoms with Gasteiger partial charge in [-0.1, -0.05) is 48.0 Å². The molecule has 0 bridgehead atoms. The third kappa shape index (κ3) is 3.24. The van der Waals surface area contributed by atoms with Gasteiger partial charge in [-0.3, -0.25) is 4.90 Å². The van der Waals surface area contributed by atoms with Crippen molar-refractivity contribution in [3.05, 3.63) is 65.7 Å². The van der Waals surface area contributed by atoms with Crippen LogP contribution in [0, 0.1) is 12.8 Å². The van der Waals surface area contributed by atoms with Gasteiger partial charge >= 0.3 is 0 Å². The van der Waals surface area contributed by atoms with Crippen LogP contribution in [0.5, 0.6) is 0 Å². The minimum atomic E-state index is -3.39. The van der Waals surface area contributed by atoms with Gasteiger partial charge < -0.3 is 0 Å². The number of nitrogens with zero attached hydrogens (tertiary/aromatic N) is 2. The SMILES string of the molecule is Cc1ccc(S(=O)(=O)N2C[C@@H]3CCN(Cc4ccccc4)[C@@H]3C2)cc1. The van der Waals surface area contributed by atoms with Gasteiger partial charge in [0.1, 0.15) is 0 Å². The fourth-order valence-electron chi connectivity index (χ4n) is 4.08. The van der Waals surface area contributed by atoms with E-state index < -0.39 is 10.0 Å². The Morgan fingerprint density at radius 1 is 1.00 bits per heavy atom. The molecule has 0 amide bonds. The predicted octanol–water partition coefficient (Wildman–Crippen LogP) is 2.89. The van der Waals surface area contributed by atoms with Crippen molar-refractivity contribution >= 4 is 10.0 Å². The summed E-state index contributed by atoms with van der Waals surface area (Å²) in [6, 6.07) is 17.9. The molecule has 25 heavy (non-hydrogen) atoms. The molecule has 0 unspecified atom stereocenters. The van der Waals surface area contributed by atoms with Crippen molar-refractivity contribution in [3.63, 3.8) is 0 Å². The zero-order valence-corrected chi connectivity index (χ0v) is 15.3. The highest BCUT2D eigenvalue weighted by molar-refractivity contribution is 7.89. The third-order valence-electron chi connectivity index (χ3n) is 5.52. The highest BCUT2D eigenvalue weighted by Crippen LogP contribution is 2.35. The van der Waals surface area contributed by atoms with E-state index in [1.165, 1.54) is 5.56 Å². The van der Waals surface area contributed by atoms with Gasteiger partial charge in [0.2, 0.25) is 10.0 Å². The van der Waals surface area contributed by atoms with E-state index in [-0.39, 0.29) is 0 Å². The number of fused-ring (bicyclic) bond motifs is 1. The Morgan fingerprint density at radius 2 is 1.72 bits per heavy atom. The van der Waals surface area contributed by atoms with Gasteiger partial charge in [-0.25, -0.2) is 8.42 Å². The average molecular weight is 356 g/mol. The number of sulfonamides is 1. The number of rotatable bonds is 4. The van der Waals surface area contributed by atoms with Gasteiger partial charge in [0.05, 0.1) is 4.90 Å². The molecule has 2 atom stereocenters. The van der Waals surface area contributed by atoms with Crippen molar-refractivity contribution in [2.45, 2.75) is 30.8 Å². The summed E-state index contributed by atoms with van der Waals surface area (Å²) in [5.74, 6) is 0.448. The van der Waals surface area contributed by atoms with Gasteiger partial charge in [0.15, 0.2) is 0 Å². The van der Waals surface area contributed by atoms with Gasteiger partial charge in [-0.2, -0.15) is 4.31 Å². The summed E-state index contributed by atoms with van der Waals surface area (Å²) in [5, 5.41) is 0. The summed E-state index contributed by atoms with van der Waals surface area (Å²) in [6.45, 7) is 5.18. The molecule has 0 aliphatic carbocycles. The Labute approximate surface area is 150 Å². The fourth-order valence-corrected chi connectivity index (χ4v) is 5.59. The van der Waals surface area contributed by atoms with Gasteiger partial charge in [-0.05, 0) is 43.5 Å². The van der Waals surface area contributed by atoms with Crippen LogP contribution in [0.25, 0.3) is 0 Å². The number of hydrogen-bond acceptors (Lipinski definition) is 3. The summed E-state index contributed by atoms with van der Waals surface area (Å²) in [7, 11) is -3.39. The second-order valence-corrected chi connectivity index (χ2v) is 9.15. The molecule has 0 saturated carbocycles. The maximum absolute atomic E-state index is 12.9. The highest BCUT2D eigenvalue weighted by atomic mass is 32.2. The van der Waals surface area contributed by atoms with E-state index in [0.717, 1.165) is 25.1 Å². The van der Waals surface area contributed by atoms with E-state index in [1.54, 1.807) is 16.4 Å². The Hall–Kier alpha value is -1.69. The van der Waals surface area contributed by atoms with E-state index in [0.29, 0.717) is 29.9 Å². The lowest BCUT2D eigenvalue weighted by atomic mass is 10.1. The van der Waals surface area contributed by atoms with Crippen LogP contribution in [0.4, 0.5) is 0 Å². The molecule has 4 nitrogen and oxygen atoms in total. The zero-order valence-electron chi connectivity index (χ0n) is 14.5. The molecular formula is C20H24N2O2S.